The summed E-state index contributed by atoms with van der Waals surface area (Å²) in [5, 5.41) is 12.5. The molecule has 0 spiro atoms. The van der Waals surface area contributed by atoms with Gasteiger partial charge in [0.2, 0.25) is 5.91 Å². The second-order valence-corrected chi connectivity index (χ2v) is 5.44. The molecule has 1 aliphatic heterocycles. The molecule has 1 saturated heterocycles. The smallest absolute Gasteiger partial charge is 0.238 e. The van der Waals surface area contributed by atoms with Crippen LogP contribution in [0.2, 0.25) is 0 Å². The number of carbonyl (C=O) groups is 1. The largest absolute Gasteiger partial charge is 0.388 e. The lowest BCUT2D eigenvalue weighted by atomic mass is 9.97. The number of rotatable bonds is 3. The molecule has 18 heavy (non-hydrogen) atoms. The lowest BCUT2D eigenvalue weighted by Gasteiger charge is -2.43. The zero-order valence-electron chi connectivity index (χ0n) is 11.2. The summed E-state index contributed by atoms with van der Waals surface area (Å²) in [5.74, 6) is -0.0285. The Hall–Kier alpha value is -1.39. The first-order valence-electron chi connectivity index (χ1n) is 6.18. The predicted octanol–water partition coefficient (Wildman–Crippen LogP) is 1.31. The van der Waals surface area contributed by atoms with Crippen molar-refractivity contribution in [3.05, 3.63) is 29.3 Å². The second kappa shape index (κ2) is 4.71. The van der Waals surface area contributed by atoms with Crippen molar-refractivity contribution in [1.82, 2.24) is 4.90 Å². The van der Waals surface area contributed by atoms with E-state index in [1.54, 1.807) is 6.92 Å². The first-order valence-corrected chi connectivity index (χ1v) is 6.18. The molecule has 4 nitrogen and oxygen atoms in total. The van der Waals surface area contributed by atoms with Gasteiger partial charge in [-0.1, -0.05) is 12.1 Å². The Kier molecular flexibility index (Phi) is 3.41. The van der Waals surface area contributed by atoms with Gasteiger partial charge in [0.15, 0.2) is 0 Å². The minimum absolute atomic E-state index is 0.0285. The maximum Gasteiger partial charge on any atom is 0.238 e. The molecule has 0 bridgehead atoms. The van der Waals surface area contributed by atoms with Gasteiger partial charge in [-0.25, -0.2) is 0 Å². The van der Waals surface area contributed by atoms with Gasteiger partial charge in [-0.15, -0.1) is 0 Å². The number of aliphatic hydroxyl groups is 1. The van der Waals surface area contributed by atoms with E-state index in [0.29, 0.717) is 19.6 Å². The molecule has 0 saturated carbocycles. The van der Waals surface area contributed by atoms with Gasteiger partial charge in [0.25, 0.3) is 0 Å². The number of hydrogen-bond donors (Lipinski definition) is 2. The summed E-state index contributed by atoms with van der Waals surface area (Å²) in [6.07, 6.45) is 0. The summed E-state index contributed by atoms with van der Waals surface area (Å²) in [6.45, 7) is 7.27. The van der Waals surface area contributed by atoms with Crippen LogP contribution in [0.1, 0.15) is 18.1 Å². The van der Waals surface area contributed by atoms with E-state index >= 15 is 0 Å². The van der Waals surface area contributed by atoms with E-state index in [9.17, 15) is 9.90 Å². The molecule has 1 aromatic carbocycles. The fourth-order valence-corrected chi connectivity index (χ4v) is 2.31. The van der Waals surface area contributed by atoms with Crippen molar-refractivity contribution in [2.75, 3.05) is 25.0 Å². The molecular formula is C14H20N2O2. The molecule has 0 aliphatic carbocycles. The monoisotopic (exact) mass is 248 g/mol. The van der Waals surface area contributed by atoms with Gasteiger partial charge in [0.1, 0.15) is 0 Å². The summed E-state index contributed by atoms with van der Waals surface area (Å²) < 4.78 is 0. The second-order valence-electron chi connectivity index (χ2n) is 5.44. The van der Waals surface area contributed by atoms with Gasteiger partial charge in [0.05, 0.1) is 12.1 Å². The zero-order valence-corrected chi connectivity index (χ0v) is 11.2. The normalized spacial score (nSPS) is 18.2. The molecule has 0 unspecified atom stereocenters. The number of likely N-dealkylation sites (tertiary alicyclic amines) is 1. The molecule has 0 radical (unpaired) electrons. The maximum absolute atomic E-state index is 11.9. The van der Waals surface area contributed by atoms with Crippen LogP contribution < -0.4 is 5.32 Å². The van der Waals surface area contributed by atoms with Crippen LogP contribution in [-0.2, 0) is 4.79 Å². The van der Waals surface area contributed by atoms with Crippen LogP contribution in [0.3, 0.4) is 0 Å². The zero-order chi connectivity index (χ0) is 13.3. The minimum Gasteiger partial charge on any atom is -0.388 e. The van der Waals surface area contributed by atoms with Crippen LogP contribution in [0, 0.1) is 13.8 Å². The molecule has 0 atom stereocenters. The Labute approximate surface area is 108 Å². The van der Waals surface area contributed by atoms with E-state index in [1.165, 1.54) is 5.56 Å². The topological polar surface area (TPSA) is 52.6 Å². The first-order chi connectivity index (χ1) is 8.37. The Balaban J connectivity index is 1.90. The van der Waals surface area contributed by atoms with Crippen molar-refractivity contribution in [3.63, 3.8) is 0 Å². The lowest BCUT2D eigenvalue weighted by molar-refractivity contribution is -0.125. The molecule has 98 valence electrons. The van der Waals surface area contributed by atoms with Gasteiger partial charge >= 0.3 is 0 Å². The van der Waals surface area contributed by atoms with Crippen molar-refractivity contribution in [2.24, 2.45) is 0 Å². The average Bonchev–Trinajstić information content (AvgIpc) is 2.22. The van der Waals surface area contributed by atoms with E-state index in [1.807, 2.05) is 36.9 Å². The highest BCUT2D eigenvalue weighted by Gasteiger charge is 2.37. The average molecular weight is 248 g/mol. The fourth-order valence-electron chi connectivity index (χ4n) is 2.31. The summed E-state index contributed by atoms with van der Waals surface area (Å²) >= 11 is 0. The van der Waals surface area contributed by atoms with Gasteiger partial charge in [-0.05, 0) is 38.0 Å². The van der Waals surface area contributed by atoms with Crippen LogP contribution in [0.15, 0.2) is 18.2 Å². The summed E-state index contributed by atoms with van der Waals surface area (Å²) in [4.78, 5) is 13.8. The number of nitrogens with zero attached hydrogens (tertiary/aromatic N) is 1. The summed E-state index contributed by atoms with van der Waals surface area (Å²) in [7, 11) is 0. The summed E-state index contributed by atoms with van der Waals surface area (Å²) in [6, 6.07) is 5.87. The lowest BCUT2D eigenvalue weighted by Crippen LogP contribution is -2.61. The Morgan fingerprint density at radius 1 is 1.44 bits per heavy atom. The SMILES string of the molecule is Cc1cccc(NC(=O)CN2CC(C)(O)C2)c1C. The van der Waals surface area contributed by atoms with Crippen LogP contribution >= 0.6 is 0 Å². The number of benzene rings is 1. The quantitative estimate of drug-likeness (QED) is 0.848. The third-order valence-corrected chi connectivity index (χ3v) is 3.37. The molecule has 2 N–H and O–H groups in total. The van der Waals surface area contributed by atoms with E-state index < -0.39 is 5.60 Å². The third kappa shape index (κ3) is 2.89. The molecule has 1 amide bonds. The number of anilines is 1. The molecule has 1 heterocycles. The van der Waals surface area contributed by atoms with Crippen LogP contribution in [0.25, 0.3) is 0 Å². The molecule has 1 aromatic rings. The highest BCUT2D eigenvalue weighted by molar-refractivity contribution is 5.93. The minimum atomic E-state index is -0.625. The highest BCUT2D eigenvalue weighted by atomic mass is 16.3. The number of hydrogen-bond acceptors (Lipinski definition) is 3. The molecule has 1 fully saturated rings. The maximum atomic E-state index is 11.9. The van der Waals surface area contributed by atoms with Gasteiger partial charge in [-0.3, -0.25) is 9.69 Å². The van der Waals surface area contributed by atoms with Crippen LogP contribution in [0.5, 0.6) is 0 Å². The van der Waals surface area contributed by atoms with Gasteiger partial charge < -0.3 is 10.4 Å². The number of aryl methyl sites for hydroxylation is 1. The van der Waals surface area contributed by atoms with E-state index in [-0.39, 0.29) is 5.91 Å². The fraction of sp³-hybridized carbons (Fsp3) is 0.500. The summed E-state index contributed by atoms with van der Waals surface area (Å²) in [5.41, 5.74) is 2.51. The third-order valence-electron chi connectivity index (χ3n) is 3.37. The van der Waals surface area contributed by atoms with Crippen LogP contribution in [0.4, 0.5) is 5.69 Å². The first kappa shape index (κ1) is 13.1. The van der Waals surface area contributed by atoms with Crippen molar-refractivity contribution in [2.45, 2.75) is 26.4 Å². The standard InChI is InChI=1S/C14H20N2O2/c1-10-5-4-6-12(11(10)2)15-13(17)7-16-8-14(3,18)9-16/h4-6,18H,7-9H2,1-3H3,(H,15,17). The van der Waals surface area contributed by atoms with E-state index in [2.05, 4.69) is 5.32 Å². The van der Waals surface area contributed by atoms with Crippen molar-refractivity contribution in [1.29, 1.82) is 0 Å². The van der Waals surface area contributed by atoms with Gasteiger partial charge in [0, 0.05) is 18.8 Å². The van der Waals surface area contributed by atoms with E-state index in [0.717, 1.165) is 11.3 Å². The van der Waals surface area contributed by atoms with Crippen molar-refractivity contribution in [3.8, 4) is 0 Å². The molecule has 2 rings (SSSR count). The predicted molar refractivity (Wildman–Crippen MR) is 71.6 cm³/mol. The Bertz CT molecular complexity index is 461. The van der Waals surface area contributed by atoms with Crippen molar-refractivity contribution >= 4 is 11.6 Å². The number of amides is 1. The van der Waals surface area contributed by atoms with Gasteiger partial charge in [-0.2, -0.15) is 0 Å². The number of nitrogens with one attached hydrogen (secondary N) is 1. The van der Waals surface area contributed by atoms with Crippen molar-refractivity contribution < 1.29 is 9.90 Å². The number of β-amino-alcohol motifs (C(OH)–C–C–N with tert-alkyl or cyclic N) is 1. The molecule has 1 aliphatic rings. The number of carbonyl (C=O) groups excluding carboxylic acids is 1. The molecular weight excluding hydrogens is 228 g/mol. The van der Waals surface area contributed by atoms with Crippen LogP contribution in [-0.4, -0.2) is 41.1 Å². The Morgan fingerprint density at radius 3 is 2.72 bits per heavy atom. The molecule has 0 aromatic heterocycles. The highest BCUT2D eigenvalue weighted by Crippen LogP contribution is 2.20. The molecule has 4 heteroatoms. The Morgan fingerprint density at radius 2 is 2.11 bits per heavy atom. The van der Waals surface area contributed by atoms with E-state index in [4.69, 9.17) is 0 Å².